The van der Waals surface area contributed by atoms with Crippen LogP contribution in [-0.4, -0.2) is 50.8 Å². The molecule has 0 saturated carbocycles. The maximum absolute atomic E-state index is 12.6. The van der Waals surface area contributed by atoms with E-state index < -0.39 is 0 Å². The topological polar surface area (TPSA) is 80.3 Å². The number of hydrogen-bond donors (Lipinski definition) is 0. The van der Waals surface area contributed by atoms with Gasteiger partial charge >= 0.3 is 0 Å². The molecule has 1 aliphatic heterocycles. The van der Waals surface area contributed by atoms with Crippen LogP contribution in [0.1, 0.15) is 31.6 Å². The van der Waals surface area contributed by atoms with Crippen LogP contribution in [-0.2, 0) is 6.54 Å². The Kier molecular flexibility index (Phi) is 4.65. The molecule has 0 aliphatic carbocycles. The van der Waals surface area contributed by atoms with Crippen molar-refractivity contribution in [3.8, 4) is 0 Å². The smallest absolute Gasteiger partial charge is 0.261 e. The maximum Gasteiger partial charge on any atom is 0.261 e. The summed E-state index contributed by atoms with van der Waals surface area (Å²) < 4.78 is 6.87. The van der Waals surface area contributed by atoms with Gasteiger partial charge in [0.05, 0.1) is 23.8 Å². The Morgan fingerprint density at radius 1 is 1.19 bits per heavy atom. The third-order valence-electron chi connectivity index (χ3n) is 4.99. The highest BCUT2D eigenvalue weighted by Crippen LogP contribution is 2.21. The predicted molar refractivity (Wildman–Crippen MR) is 103 cm³/mol. The lowest BCUT2D eigenvalue weighted by Crippen LogP contribution is -2.46. The minimum Gasteiger partial charge on any atom is -0.369 e. The highest BCUT2D eigenvalue weighted by molar-refractivity contribution is 5.81. The number of rotatable bonds is 4. The Balaban J connectivity index is 1.47. The lowest BCUT2D eigenvalue weighted by atomic mass is 10.2. The quantitative estimate of drug-likeness (QED) is 0.697. The molecule has 4 rings (SSSR count). The summed E-state index contributed by atoms with van der Waals surface area (Å²) in [6, 6.07) is 6.03. The van der Waals surface area contributed by atoms with Gasteiger partial charge in [-0.2, -0.15) is 4.98 Å². The van der Waals surface area contributed by atoms with Gasteiger partial charge in [0.25, 0.3) is 5.56 Å². The second-order valence-electron chi connectivity index (χ2n) is 7.25. The van der Waals surface area contributed by atoms with E-state index in [9.17, 15) is 4.79 Å². The van der Waals surface area contributed by atoms with E-state index in [2.05, 4.69) is 24.9 Å². The molecule has 0 radical (unpaired) electrons. The molecule has 1 aliphatic rings. The molecule has 27 heavy (non-hydrogen) atoms. The molecule has 8 nitrogen and oxygen atoms in total. The van der Waals surface area contributed by atoms with Gasteiger partial charge in [0.15, 0.2) is 5.82 Å². The van der Waals surface area contributed by atoms with Crippen molar-refractivity contribution in [2.24, 2.45) is 0 Å². The molecule has 0 N–H and O–H groups in total. The molecule has 142 valence electrons. The molecular weight excluding hydrogens is 344 g/mol. The van der Waals surface area contributed by atoms with Crippen LogP contribution < -0.4 is 10.5 Å². The average Bonchev–Trinajstić information content (AvgIpc) is 3.07. The minimum absolute atomic E-state index is 0.0150. The van der Waals surface area contributed by atoms with Gasteiger partial charge in [-0.25, -0.2) is 4.98 Å². The van der Waals surface area contributed by atoms with Crippen LogP contribution in [0.25, 0.3) is 10.9 Å². The van der Waals surface area contributed by atoms with Gasteiger partial charge in [0.1, 0.15) is 0 Å². The summed E-state index contributed by atoms with van der Waals surface area (Å²) in [7, 11) is 0. The van der Waals surface area contributed by atoms with E-state index in [4.69, 9.17) is 4.52 Å². The maximum atomic E-state index is 12.6. The van der Waals surface area contributed by atoms with Crippen LogP contribution in [0, 0.1) is 6.92 Å². The molecule has 2 aromatic heterocycles. The Morgan fingerprint density at radius 2 is 1.96 bits per heavy atom. The van der Waals surface area contributed by atoms with Crippen molar-refractivity contribution in [3.05, 3.63) is 46.6 Å². The number of nitrogens with zero attached hydrogens (tertiary/aromatic N) is 6. The van der Waals surface area contributed by atoms with E-state index in [1.165, 1.54) is 0 Å². The molecular formula is C19H24N6O2. The first-order valence-electron chi connectivity index (χ1n) is 9.28. The summed E-state index contributed by atoms with van der Waals surface area (Å²) in [6.45, 7) is 10.1. The van der Waals surface area contributed by atoms with Crippen molar-refractivity contribution in [2.75, 3.05) is 31.1 Å². The zero-order chi connectivity index (χ0) is 19.0. The van der Waals surface area contributed by atoms with E-state index in [0.717, 1.165) is 37.4 Å². The number of hydrogen-bond acceptors (Lipinski definition) is 7. The van der Waals surface area contributed by atoms with E-state index >= 15 is 0 Å². The molecule has 0 unspecified atom stereocenters. The monoisotopic (exact) mass is 368 g/mol. The van der Waals surface area contributed by atoms with E-state index in [1.807, 2.05) is 39.0 Å². The van der Waals surface area contributed by atoms with Crippen LogP contribution in [0.15, 0.2) is 33.8 Å². The Bertz CT molecular complexity index is 1000. The molecule has 1 aromatic carbocycles. The van der Waals surface area contributed by atoms with Crippen molar-refractivity contribution in [1.29, 1.82) is 0 Å². The van der Waals surface area contributed by atoms with Crippen molar-refractivity contribution in [2.45, 2.75) is 33.4 Å². The Hall–Kier alpha value is -2.74. The second-order valence-corrected chi connectivity index (χ2v) is 7.25. The first-order valence-corrected chi connectivity index (χ1v) is 9.28. The third-order valence-corrected chi connectivity index (χ3v) is 4.99. The molecule has 1 saturated heterocycles. The fourth-order valence-electron chi connectivity index (χ4n) is 3.45. The standard InChI is InChI=1S/C19H24N6O2/c1-13(2)25-12-20-17-10-15(4-5-16(17)19(25)26)24-8-6-23(7-9-24)11-18-21-14(3)22-27-18/h4-5,10,12-13H,6-9,11H2,1-3H3. The van der Waals surface area contributed by atoms with Crippen molar-refractivity contribution < 1.29 is 4.52 Å². The largest absolute Gasteiger partial charge is 0.369 e. The summed E-state index contributed by atoms with van der Waals surface area (Å²) in [4.78, 5) is 26.0. The minimum atomic E-state index is 0.0150. The molecule has 0 amide bonds. The zero-order valence-corrected chi connectivity index (χ0v) is 15.9. The van der Waals surface area contributed by atoms with Gasteiger partial charge in [-0.1, -0.05) is 5.16 Å². The van der Waals surface area contributed by atoms with Crippen molar-refractivity contribution in [1.82, 2.24) is 24.6 Å². The lowest BCUT2D eigenvalue weighted by molar-refractivity contribution is 0.215. The molecule has 8 heteroatoms. The molecule has 3 aromatic rings. The summed E-state index contributed by atoms with van der Waals surface area (Å²) >= 11 is 0. The number of aryl methyl sites for hydroxylation is 1. The van der Waals surface area contributed by atoms with Crippen LogP contribution in [0.3, 0.4) is 0 Å². The van der Waals surface area contributed by atoms with E-state index in [0.29, 0.717) is 23.6 Å². The zero-order valence-electron chi connectivity index (χ0n) is 15.9. The number of piperazine rings is 1. The molecule has 1 fully saturated rings. The fraction of sp³-hybridized carbons (Fsp3) is 0.474. The van der Waals surface area contributed by atoms with E-state index in [1.54, 1.807) is 10.9 Å². The molecule has 0 bridgehead atoms. The molecule has 0 atom stereocenters. The highest BCUT2D eigenvalue weighted by atomic mass is 16.5. The van der Waals surface area contributed by atoms with Gasteiger partial charge in [-0.3, -0.25) is 14.3 Å². The molecule has 3 heterocycles. The first kappa shape index (κ1) is 17.7. The second kappa shape index (κ2) is 7.11. The highest BCUT2D eigenvalue weighted by Gasteiger charge is 2.20. The van der Waals surface area contributed by atoms with Gasteiger partial charge in [-0.15, -0.1) is 0 Å². The summed E-state index contributed by atoms with van der Waals surface area (Å²) in [5.74, 6) is 1.33. The lowest BCUT2D eigenvalue weighted by Gasteiger charge is -2.35. The van der Waals surface area contributed by atoms with Gasteiger partial charge in [0.2, 0.25) is 5.89 Å². The van der Waals surface area contributed by atoms with Crippen molar-refractivity contribution >= 4 is 16.6 Å². The number of aromatic nitrogens is 4. The Morgan fingerprint density at radius 3 is 2.63 bits per heavy atom. The summed E-state index contributed by atoms with van der Waals surface area (Å²) in [5, 5.41) is 4.51. The average molecular weight is 368 g/mol. The normalized spacial score (nSPS) is 15.8. The summed E-state index contributed by atoms with van der Waals surface area (Å²) in [5.41, 5.74) is 1.87. The Labute approximate surface area is 157 Å². The predicted octanol–water partition coefficient (Wildman–Crippen LogP) is 1.99. The van der Waals surface area contributed by atoms with Crippen LogP contribution in [0.2, 0.25) is 0 Å². The number of benzene rings is 1. The number of anilines is 1. The summed E-state index contributed by atoms with van der Waals surface area (Å²) in [6.07, 6.45) is 1.64. The SMILES string of the molecule is Cc1noc(CN2CCN(c3ccc4c(=O)n(C(C)C)cnc4c3)CC2)n1. The van der Waals surface area contributed by atoms with Crippen LogP contribution >= 0.6 is 0 Å². The van der Waals surface area contributed by atoms with Crippen LogP contribution in [0.4, 0.5) is 5.69 Å². The van der Waals surface area contributed by atoms with Gasteiger partial charge in [-0.05, 0) is 39.0 Å². The van der Waals surface area contributed by atoms with E-state index in [-0.39, 0.29) is 11.6 Å². The molecule has 0 spiro atoms. The van der Waals surface area contributed by atoms with Crippen LogP contribution in [0.5, 0.6) is 0 Å². The van der Waals surface area contributed by atoms with Gasteiger partial charge < -0.3 is 9.42 Å². The van der Waals surface area contributed by atoms with Crippen molar-refractivity contribution in [3.63, 3.8) is 0 Å². The first-order chi connectivity index (χ1) is 13.0. The fourth-order valence-corrected chi connectivity index (χ4v) is 3.45. The van der Waals surface area contributed by atoms with Gasteiger partial charge in [0, 0.05) is 37.9 Å². The third kappa shape index (κ3) is 3.57. The number of fused-ring (bicyclic) bond motifs is 1.